The number of fused-ring (bicyclic) bond motifs is 5. The summed E-state index contributed by atoms with van der Waals surface area (Å²) < 4.78 is 0. The van der Waals surface area contributed by atoms with Crippen molar-refractivity contribution in [1.82, 2.24) is 4.90 Å². The molecule has 0 aliphatic carbocycles. The minimum Gasteiger partial charge on any atom is -0.359 e. The second-order valence-corrected chi connectivity index (χ2v) is 7.87. The average Bonchev–Trinajstić information content (AvgIpc) is 3.15. The molecule has 0 N–H and O–H groups in total. The van der Waals surface area contributed by atoms with E-state index in [2.05, 4.69) is 0 Å². The smallest absolute Gasteiger partial charge is 0.240 e. The van der Waals surface area contributed by atoms with Crippen molar-refractivity contribution in [3.8, 4) is 0 Å². The number of carbonyl (C=O) groups is 3. The summed E-state index contributed by atoms with van der Waals surface area (Å²) in [7, 11) is 0. The molecule has 2 amide bonds. The molecule has 0 saturated carbocycles. The highest BCUT2D eigenvalue weighted by Crippen LogP contribution is 2.53. The highest BCUT2D eigenvalue weighted by molar-refractivity contribution is 6.31. The maximum absolute atomic E-state index is 13.4. The Labute approximate surface area is 167 Å². The standard InChI is InChI=1S/C22H17ClN2O3/c1-12(26)19-17-18(20-16-8-3-2-5-13(16)9-10-24(19)20)22(28)25(21(17)27)15-7-4-6-14(23)11-15/h2-11,17-20H,1H3/t17-,18+,19+,20-/m0/s1. The fourth-order valence-electron chi connectivity index (χ4n) is 4.89. The molecule has 28 heavy (non-hydrogen) atoms. The predicted octanol–water partition coefficient (Wildman–Crippen LogP) is 3.44. The van der Waals surface area contributed by atoms with Gasteiger partial charge in [-0.1, -0.05) is 41.9 Å². The normalized spacial score (nSPS) is 27.6. The zero-order valence-electron chi connectivity index (χ0n) is 15.1. The number of hydrogen-bond acceptors (Lipinski definition) is 4. The van der Waals surface area contributed by atoms with E-state index in [0.29, 0.717) is 10.7 Å². The molecule has 2 aromatic carbocycles. The Balaban J connectivity index is 1.66. The molecular formula is C22H17ClN2O3. The van der Waals surface area contributed by atoms with Crippen LogP contribution >= 0.6 is 11.6 Å². The molecule has 2 aromatic rings. The fraction of sp³-hybridized carbons (Fsp3) is 0.227. The monoisotopic (exact) mass is 392 g/mol. The largest absolute Gasteiger partial charge is 0.359 e. The van der Waals surface area contributed by atoms with Crippen LogP contribution in [0, 0.1) is 11.8 Å². The Morgan fingerprint density at radius 2 is 1.75 bits per heavy atom. The summed E-state index contributed by atoms with van der Waals surface area (Å²) in [6.45, 7) is 1.48. The molecule has 3 aliphatic heterocycles. The third kappa shape index (κ3) is 2.23. The van der Waals surface area contributed by atoms with E-state index in [1.807, 2.05) is 41.4 Å². The number of benzene rings is 2. The van der Waals surface area contributed by atoms with E-state index in [0.717, 1.165) is 11.1 Å². The average molecular weight is 393 g/mol. The van der Waals surface area contributed by atoms with E-state index in [1.54, 1.807) is 24.3 Å². The van der Waals surface area contributed by atoms with Gasteiger partial charge in [0.05, 0.1) is 29.6 Å². The van der Waals surface area contributed by atoms with E-state index < -0.39 is 17.9 Å². The summed E-state index contributed by atoms with van der Waals surface area (Å²) >= 11 is 6.08. The summed E-state index contributed by atoms with van der Waals surface area (Å²) in [6.07, 6.45) is 3.79. The van der Waals surface area contributed by atoms with Gasteiger partial charge in [0.15, 0.2) is 5.78 Å². The maximum atomic E-state index is 13.4. The Morgan fingerprint density at radius 1 is 1.00 bits per heavy atom. The van der Waals surface area contributed by atoms with Crippen molar-refractivity contribution in [2.24, 2.45) is 11.8 Å². The first-order valence-corrected chi connectivity index (χ1v) is 9.55. The van der Waals surface area contributed by atoms with Crippen molar-refractivity contribution in [2.45, 2.75) is 19.0 Å². The Bertz CT molecular complexity index is 1060. The highest BCUT2D eigenvalue weighted by atomic mass is 35.5. The molecule has 0 spiro atoms. The number of rotatable bonds is 2. The second kappa shape index (κ2) is 6.04. The molecule has 0 radical (unpaired) electrons. The zero-order valence-corrected chi connectivity index (χ0v) is 15.8. The van der Waals surface area contributed by atoms with Gasteiger partial charge in [-0.15, -0.1) is 0 Å². The van der Waals surface area contributed by atoms with Crippen molar-refractivity contribution in [2.75, 3.05) is 4.90 Å². The Morgan fingerprint density at radius 3 is 2.50 bits per heavy atom. The molecule has 3 heterocycles. The molecule has 5 nitrogen and oxygen atoms in total. The van der Waals surface area contributed by atoms with Gasteiger partial charge in [-0.2, -0.15) is 0 Å². The number of hydrogen-bond donors (Lipinski definition) is 0. The highest BCUT2D eigenvalue weighted by Gasteiger charge is 2.63. The van der Waals surface area contributed by atoms with Crippen LogP contribution in [0.15, 0.2) is 54.7 Å². The quantitative estimate of drug-likeness (QED) is 0.734. The van der Waals surface area contributed by atoms with Crippen LogP contribution in [-0.4, -0.2) is 28.5 Å². The molecule has 4 atom stereocenters. The summed E-state index contributed by atoms with van der Waals surface area (Å²) in [5, 5.41) is 0.450. The minimum absolute atomic E-state index is 0.115. The summed E-state index contributed by atoms with van der Waals surface area (Å²) in [6, 6.07) is 13.5. The number of anilines is 1. The van der Waals surface area contributed by atoms with Crippen molar-refractivity contribution >= 4 is 41.0 Å². The number of halogens is 1. The van der Waals surface area contributed by atoms with Gasteiger partial charge < -0.3 is 4.90 Å². The van der Waals surface area contributed by atoms with Crippen LogP contribution in [0.1, 0.15) is 24.1 Å². The maximum Gasteiger partial charge on any atom is 0.240 e. The molecular weight excluding hydrogens is 376 g/mol. The van der Waals surface area contributed by atoms with Gasteiger partial charge in [0.1, 0.15) is 0 Å². The first-order valence-electron chi connectivity index (χ1n) is 9.17. The third-order valence-corrected chi connectivity index (χ3v) is 6.18. The molecule has 3 aliphatic rings. The number of amides is 2. The summed E-state index contributed by atoms with van der Waals surface area (Å²) in [5.74, 6) is -2.04. The van der Waals surface area contributed by atoms with Gasteiger partial charge in [0.25, 0.3) is 0 Å². The SMILES string of the molecule is CC(=O)[C@@H]1[C@H]2C(=O)N(c3cccc(Cl)c3)C(=O)[C@H]2[C@@H]2c3ccccc3C=CN12. The van der Waals surface area contributed by atoms with Gasteiger partial charge >= 0.3 is 0 Å². The lowest BCUT2D eigenvalue weighted by atomic mass is 9.84. The Hall–Kier alpha value is -2.92. The molecule has 2 saturated heterocycles. The zero-order chi connectivity index (χ0) is 19.6. The van der Waals surface area contributed by atoms with Crippen LogP contribution in [0.2, 0.25) is 5.02 Å². The molecule has 0 bridgehead atoms. The van der Waals surface area contributed by atoms with E-state index in [-0.39, 0.29) is 23.6 Å². The van der Waals surface area contributed by atoms with E-state index in [4.69, 9.17) is 11.6 Å². The topological polar surface area (TPSA) is 57.7 Å². The lowest BCUT2D eigenvalue weighted by Gasteiger charge is -2.34. The van der Waals surface area contributed by atoms with E-state index in [1.165, 1.54) is 11.8 Å². The van der Waals surface area contributed by atoms with Crippen LogP contribution in [0.5, 0.6) is 0 Å². The van der Waals surface area contributed by atoms with Gasteiger partial charge in [-0.05, 0) is 42.3 Å². The Kier molecular flexibility index (Phi) is 3.71. The van der Waals surface area contributed by atoms with Crippen molar-refractivity contribution < 1.29 is 14.4 Å². The first kappa shape index (κ1) is 17.2. The first-order chi connectivity index (χ1) is 13.5. The van der Waals surface area contributed by atoms with Gasteiger partial charge in [-0.3, -0.25) is 14.4 Å². The number of ketones is 1. The number of carbonyl (C=O) groups excluding carboxylic acids is 3. The molecule has 2 fully saturated rings. The van der Waals surface area contributed by atoms with Crippen LogP contribution in [-0.2, 0) is 14.4 Å². The van der Waals surface area contributed by atoms with Crippen LogP contribution in [0.4, 0.5) is 5.69 Å². The van der Waals surface area contributed by atoms with Crippen molar-refractivity contribution in [3.63, 3.8) is 0 Å². The van der Waals surface area contributed by atoms with Crippen LogP contribution in [0.25, 0.3) is 6.08 Å². The predicted molar refractivity (Wildman–Crippen MR) is 105 cm³/mol. The third-order valence-electron chi connectivity index (χ3n) is 5.94. The van der Waals surface area contributed by atoms with Crippen molar-refractivity contribution in [3.05, 3.63) is 70.9 Å². The molecule has 140 valence electrons. The van der Waals surface area contributed by atoms with Gasteiger partial charge in [-0.25, -0.2) is 4.90 Å². The minimum atomic E-state index is -0.704. The molecule has 5 rings (SSSR count). The number of Topliss-reactive ketones (excluding diaryl/α,β-unsaturated/α-hetero) is 1. The van der Waals surface area contributed by atoms with Crippen LogP contribution < -0.4 is 4.90 Å². The van der Waals surface area contributed by atoms with Crippen molar-refractivity contribution in [1.29, 1.82) is 0 Å². The van der Waals surface area contributed by atoms with Crippen LogP contribution in [0.3, 0.4) is 0 Å². The second-order valence-electron chi connectivity index (χ2n) is 7.44. The molecule has 6 heteroatoms. The number of nitrogens with zero attached hydrogens (tertiary/aromatic N) is 2. The lowest BCUT2D eigenvalue weighted by Crippen LogP contribution is -2.43. The fourth-order valence-corrected chi connectivity index (χ4v) is 5.08. The number of imide groups is 1. The summed E-state index contributed by atoms with van der Waals surface area (Å²) in [5.41, 5.74) is 2.43. The lowest BCUT2D eigenvalue weighted by molar-refractivity contribution is -0.129. The molecule has 0 aromatic heterocycles. The van der Waals surface area contributed by atoms with E-state index in [9.17, 15) is 14.4 Å². The van der Waals surface area contributed by atoms with E-state index >= 15 is 0 Å². The van der Waals surface area contributed by atoms with Gasteiger partial charge in [0.2, 0.25) is 11.8 Å². The summed E-state index contributed by atoms with van der Waals surface area (Å²) in [4.78, 5) is 42.4. The molecule has 0 unspecified atom stereocenters. The van der Waals surface area contributed by atoms with Gasteiger partial charge in [0, 0.05) is 11.2 Å².